The van der Waals surface area contributed by atoms with E-state index >= 15 is 0 Å². The van der Waals surface area contributed by atoms with Crippen LogP contribution < -0.4 is 5.32 Å². The van der Waals surface area contributed by atoms with Crippen molar-refractivity contribution < 1.29 is 0 Å². The highest BCUT2D eigenvalue weighted by atomic mass is 35.5. The minimum Gasteiger partial charge on any atom is -0.354 e. The zero-order valence-electron chi connectivity index (χ0n) is 11.8. The van der Waals surface area contributed by atoms with Crippen LogP contribution in [0.1, 0.15) is 0 Å². The number of fused-ring (bicyclic) bond motifs is 2. The summed E-state index contributed by atoms with van der Waals surface area (Å²) < 4.78 is 0. The predicted octanol–water partition coefficient (Wildman–Crippen LogP) is 7.35. The van der Waals surface area contributed by atoms with Crippen LogP contribution in [-0.4, -0.2) is 0 Å². The molecular formula is C18H11Cl2NS2. The molecule has 0 fully saturated rings. The van der Waals surface area contributed by atoms with Crippen LogP contribution in [0.5, 0.6) is 0 Å². The van der Waals surface area contributed by atoms with Gasteiger partial charge >= 0.3 is 0 Å². The van der Waals surface area contributed by atoms with Gasteiger partial charge in [-0.25, -0.2) is 0 Å². The maximum atomic E-state index is 6.09. The Morgan fingerprint density at radius 2 is 1.35 bits per heavy atom. The molecule has 23 heavy (non-hydrogen) atoms. The minimum atomic E-state index is 0.622. The van der Waals surface area contributed by atoms with Gasteiger partial charge in [0.25, 0.3) is 0 Å². The molecule has 4 rings (SSSR count). The third-order valence-corrected chi connectivity index (χ3v) is 6.45. The van der Waals surface area contributed by atoms with Gasteiger partial charge in [0.05, 0.1) is 5.69 Å². The van der Waals surface area contributed by atoms with Gasteiger partial charge in [0.1, 0.15) is 0 Å². The summed E-state index contributed by atoms with van der Waals surface area (Å²) in [4.78, 5) is 5.07. The molecule has 0 saturated heterocycles. The molecule has 0 amide bonds. The molecule has 0 saturated carbocycles. The van der Waals surface area contributed by atoms with E-state index in [1.54, 1.807) is 29.6 Å². The molecule has 0 aromatic heterocycles. The summed E-state index contributed by atoms with van der Waals surface area (Å²) in [5, 5.41) is 4.69. The summed E-state index contributed by atoms with van der Waals surface area (Å²) in [5.41, 5.74) is 1.95. The number of halogens is 2. The monoisotopic (exact) mass is 375 g/mol. The predicted molar refractivity (Wildman–Crippen MR) is 101 cm³/mol. The fourth-order valence-corrected chi connectivity index (χ4v) is 5.29. The Kier molecular flexibility index (Phi) is 4.20. The molecule has 0 spiro atoms. The van der Waals surface area contributed by atoms with Gasteiger partial charge in [-0.15, -0.1) is 0 Å². The first-order valence-electron chi connectivity index (χ1n) is 7.00. The molecule has 114 valence electrons. The van der Waals surface area contributed by atoms with Crippen molar-refractivity contribution in [1.29, 1.82) is 0 Å². The van der Waals surface area contributed by atoms with Gasteiger partial charge in [0, 0.05) is 35.3 Å². The van der Waals surface area contributed by atoms with E-state index < -0.39 is 0 Å². The quantitative estimate of drug-likeness (QED) is 0.393. The van der Waals surface area contributed by atoms with E-state index in [2.05, 4.69) is 47.8 Å². The van der Waals surface area contributed by atoms with E-state index in [1.807, 2.05) is 12.1 Å². The molecule has 1 aliphatic rings. The molecule has 5 heteroatoms. The van der Waals surface area contributed by atoms with Gasteiger partial charge in [-0.1, -0.05) is 64.9 Å². The van der Waals surface area contributed by atoms with Crippen molar-refractivity contribution in [1.82, 2.24) is 0 Å². The first-order chi connectivity index (χ1) is 11.2. The summed E-state index contributed by atoms with van der Waals surface area (Å²) in [5.74, 6) is 0. The van der Waals surface area contributed by atoms with Gasteiger partial charge in [-0.2, -0.15) is 0 Å². The van der Waals surface area contributed by atoms with Crippen LogP contribution in [-0.2, 0) is 0 Å². The number of benzene rings is 3. The van der Waals surface area contributed by atoms with Crippen molar-refractivity contribution in [3.63, 3.8) is 0 Å². The van der Waals surface area contributed by atoms with Gasteiger partial charge in [-0.3, -0.25) is 0 Å². The standard InChI is InChI=1S/C18H11Cl2NS2/c19-11-8-12(20)10-13(9-11)21-14-4-3-7-17-18(14)23-16-6-2-1-5-15(16)22-17/h1-10,21H. The highest BCUT2D eigenvalue weighted by Crippen LogP contribution is 2.51. The lowest BCUT2D eigenvalue weighted by molar-refractivity contribution is 1.16. The Labute approximate surface area is 153 Å². The lowest BCUT2D eigenvalue weighted by Crippen LogP contribution is -1.96. The molecule has 0 atom stereocenters. The van der Waals surface area contributed by atoms with Crippen LogP contribution in [0, 0.1) is 0 Å². The van der Waals surface area contributed by atoms with E-state index in [0.717, 1.165) is 11.4 Å². The molecule has 0 aliphatic carbocycles. The zero-order valence-corrected chi connectivity index (χ0v) is 15.0. The second-order valence-electron chi connectivity index (χ2n) is 5.07. The molecule has 0 bridgehead atoms. The van der Waals surface area contributed by atoms with E-state index in [9.17, 15) is 0 Å². The van der Waals surface area contributed by atoms with Crippen LogP contribution in [0.4, 0.5) is 11.4 Å². The Balaban J connectivity index is 1.72. The molecule has 0 radical (unpaired) electrons. The summed E-state index contributed by atoms with van der Waals surface area (Å²) in [7, 11) is 0. The van der Waals surface area contributed by atoms with Crippen molar-refractivity contribution in [2.24, 2.45) is 0 Å². The van der Waals surface area contributed by atoms with Gasteiger partial charge in [-0.05, 0) is 42.5 Å². The highest BCUT2D eigenvalue weighted by Gasteiger charge is 2.19. The molecule has 1 nitrogen and oxygen atoms in total. The fourth-order valence-electron chi connectivity index (χ4n) is 2.43. The zero-order chi connectivity index (χ0) is 15.8. The number of nitrogens with one attached hydrogen (secondary N) is 1. The van der Waals surface area contributed by atoms with Crippen LogP contribution >= 0.6 is 46.7 Å². The maximum absolute atomic E-state index is 6.09. The minimum absolute atomic E-state index is 0.622. The fraction of sp³-hybridized carbons (Fsp3) is 0. The van der Waals surface area contributed by atoms with Crippen molar-refractivity contribution in [2.45, 2.75) is 19.6 Å². The second kappa shape index (κ2) is 6.33. The Morgan fingerprint density at radius 1 is 0.696 bits per heavy atom. The number of rotatable bonds is 2. The van der Waals surface area contributed by atoms with Crippen LogP contribution in [0.15, 0.2) is 80.2 Å². The lowest BCUT2D eigenvalue weighted by atomic mass is 10.2. The molecule has 1 aliphatic heterocycles. The molecule has 1 heterocycles. The maximum Gasteiger partial charge on any atom is 0.0537 e. The van der Waals surface area contributed by atoms with Crippen molar-refractivity contribution in [3.05, 3.63) is 70.7 Å². The van der Waals surface area contributed by atoms with E-state index in [1.165, 1.54) is 19.6 Å². The van der Waals surface area contributed by atoms with Crippen LogP contribution in [0.25, 0.3) is 0 Å². The van der Waals surface area contributed by atoms with Gasteiger partial charge < -0.3 is 5.32 Å². The van der Waals surface area contributed by atoms with Crippen molar-refractivity contribution in [3.8, 4) is 0 Å². The first kappa shape index (κ1) is 15.3. The van der Waals surface area contributed by atoms with Crippen LogP contribution in [0.2, 0.25) is 10.0 Å². The molecule has 1 N–H and O–H groups in total. The Morgan fingerprint density at radius 3 is 2.09 bits per heavy atom. The van der Waals surface area contributed by atoms with Crippen molar-refractivity contribution >= 4 is 58.1 Å². The van der Waals surface area contributed by atoms with Gasteiger partial charge in [0.15, 0.2) is 0 Å². The topological polar surface area (TPSA) is 12.0 Å². The van der Waals surface area contributed by atoms with Crippen LogP contribution in [0.3, 0.4) is 0 Å². The smallest absolute Gasteiger partial charge is 0.0537 e. The van der Waals surface area contributed by atoms with Gasteiger partial charge in [0.2, 0.25) is 0 Å². The Bertz CT molecular complexity index is 876. The average Bonchev–Trinajstić information content (AvgIpc) is 2.52. The molecule has 0 unspecified atom stereocenters. The molecule has 3 aromatic rings. The number of anilines is 2. The van der Waals surface area contributed by atoms with E-state index in [4.69, 9.17) is 23.2 Å². The molecule has 3 aromatic carbocycles. The third kappa shape index (κ3) is 3.20. The number of hydrogen-bond donors (Lipinski definition) is 1. The third-order valence-electron chi connectivity index (χ3n) is 3.40. The average molecular weight is 376 g/mol. The largest absolute Gasteiger partial charge is 0.354 e. The highest BCUT2D eigenvalue weighted by molar-refractivity contribution is 8.05. The van der Waals surface area contributed by atoms with E-state index in [0.29, 0.717) is 10.0 Å². The second-order valence-corrected chi connectivity index (χ2v) is 8.08. The lowest BCUT2D eigenvalue weighted by Gasteiger charge is -2.21. The number of hydrogen-bond acceptors (Lipinski definition) is 3. The molecular weight excluding hydrogens is 365 g/mol. The van der Waals surface area contributed by atoms with Crippen molar-refractivity contribution in [2.75, 3.05) is 5.32 Å². The summed E-state index contributed by atoms with van der Waals surface area (Å²) in [6, 6.07) is 20.2. The summed E-state index contributed by atoms with van der Waals surface area (Å²) >= 11 is 15.8. The SMILES string of the molecule is Clc1cc(Cl)cc(Nc2cccc3c2Sc2ccccc2S3)c1. The normalized spacial score (nSPS) is 12.4. The summed E-state index contributed by atoms with van der Waals surface area (Å²) in [6.45, 7) is 0. The first-order valence-corrected chi connectivity index (χ1v) is 9.39. The summed E-state index contributed by atoms with van der Waals surface area (Å²) in [6.07, 6.45) is 0. The van der Waals surface area contributed by atoms with E-state index in [-0.39, 0.29) is 0 Å². The Hall–Kier alpha value is -1.26.